The molecule has 1 aliphatic carbocycles. The van der Waals surface area contributed by atoms with Crippen molar-refractivity contribution in [1.82, 2.24) is 5.32 Å². The van der Waals surface area contributed by atoms with Crippen LogP contribution in [0.15, 0.2) is 0 Å². The zero-order valence-electron chi connectivity index (χ0n) is 11.5. The highest BCUT2D eigenvalue weighted by Gasteiger charge is 2.16. The molecule has 3 heteroatoms. The van der Waals surface area contributed by atoms with Crippen LogP contribution in [0.2, 0.25) is 0 Å². The zero-order valence-corrected chi connectivity index (χ0v) is 11.5. The summed E-state index contributed by atoms with van der Waals surface area (Å²) < 4.78 is 11.1. The topological polar surface area (TPSA) is 30.5 Å². The summed E-state index contributed by atoms with van der Waals surface area (Å²) in [4.78, 5) is 0. The van der Waals surface area contributed by atoms with E-state index >= 15 is 0 Å². The van der Waals surface area contributed by atoms with E-state index in [4.69, 9.17) is 9.47 Å². The van der Waals surface area contributed by atoms with Crippen LogP contribution in [0.1, 0.15) is 46.0 Å². The van der Waals surface area contributed by atoms with Crippen LogP contribution in [-0.4, -0.2) is 39.0 Å². The third kappa shape index (κ3) is 8.58. The summed E-state index contributed by atoms with van der Waals surface area (Å²) in [6.45, 7) is 8.78. The van der Waals surface area contributed by atoms with E-state index in [0.717, 1.165) is 45.2 Å². The Labute approximate surface area is 106 Å². The van der Waals surface area contributed by atoms with Crippen molar-refractivity contribution in [3.8, 4) is 0 Å². The largest absolute Gasteiger partial charge is 0.380 e. The second kappa shape index (κ2) is 9.86. The lowest BCUT2D eigenvalue weighted by atomic mass is 9.83. The van der Waals surface area contributed by atoms with Crippen LogP contribution >= 0.6 is 0 Å². The summed E-state index contributed by atoms with van der Waals surface area (Å²) in [5.41, 5.74) is 0. The first-order chi connectivity index (χ1) is 8.29. The number of hydrogen-bond donors (Lipinski definition) is 1. The SMILES string of the molecule is CC(C)OCCCNCCOCCC1CCC1. The molecule has 0 amide bonds. The van der Waals surface area contributed by atoms with Gasteiger partial charge in [-0.1, -0.05) is 19.3 Å². The predicted molar refractivity (Wildman–Crippen MR) is 71.4 cm³/mol. The summed E-state index contributed by atoms with van der Waals surface area (Å²) in [5.74, 6) is 0.969. The van der Waals surface area contributed by atoms with Crippen molar-refractivity contribution in [2.45, 2.75) is 52.1 Å². The quantitative estimate of drug-likeness (QED) is 0.566. The van der Waals surface area contributed by atoms with Crippen molar-refractivity contribution < 1.29 is 9.47 Å². The minimum Gasteiger partial charge on any atom is -0.380 e. The molecule has 0 unspecified atom stereocenters. The van der Waals surface area contributed by atoms with E-state index in [2.05, 4.69) is 19.2 Å². The van der Waals surface area contributed by atoms with Gasteiger partial charge in [0.15, 0.2) is 0 Å². The second-order valence-electron chi connectivity index (χ2n) is 5.22. The summed E-state index contributed by atoms with van der Waals surface area (Å²) >= 11 is 0. The molecule has 0 saturated heterocycles. The number of ether oxygens (including phenoxy) is 2. The zero-order chi connectivity index (χ0) is 12.3. The second-order valence-corrected chi connectivity index (χ2v) is 5.22. The van der Waals surface area contributed by atoms with Crippen molar-refractivity contribution in [2.24, 2.45) is 5.92 Å². The molecule has 1 aliphatic rings. The Bertz CT molecular complexity index is 170. The van der Waals surface area contributed by atoms with E-state index in [1.165, 1.54) is 25.7 Å². The van der Waals surface area contributed by atoms with Crippen LogP contribution in [0.4, 0.5) is 0 Å². The number of hydrogen-bond acceptors (Lipinski definition) is 3. The molecule has 102 valence electrons. The fourth-order valence-electron chi connectivity index (χ4n) is 1.92. The van der Waals surface area contributed by atoms with Crippen molar-refractivity contribution in [3.05, 3.63) is 0 Å². The first-order valence-corrected chi connectivity index (χ1v) is 7.19. The normalized spacial score (nSPS) is 16.4. The van der Waals surface area contributed by atoms with Crippen LogP contribution in [-0.2, 0) is 9.47 Å². The maximum atomic E-state index is 5.59. The van der Waals surface area contributed by atoms with E-state index in [9.17, 15) is 0 Å². The van der Waals surface area contributed by atoms with Gasteiger partial charge in [-0.25, -0.2) is 0 Å². The van der Waals surface area contributed by atoms with Crippen LogP contribution in [0.25, 0.3) is 0 Å². The highest BCUT2D eigenvalue weighted by atomic mass is 16.5. The first kappa shape index (κ1) is 14.9. The lowest BCUT2D eigenvalue weighted by molar-refractivity contribution is 0.0759. The van der Waals surface area contributed by atoms with Crippen molar-refractivity contribution in [3.63, 3.8) is 0 Å². The fourth-order valence-corrected chi connectivity index (χ4v) is 1.92. The summed E-state index contributed by atoms with van der Waals surface area (Å²) in [5, 5.41) is 3.37. The molecule has 1 rings (SSSR count). The molecule has 0 aromatic heterocycles. The molecule has 0 atom stereocenters. The molecule has 0 aromatic carbocycles. The molecule has 0 spiro atoms. The average molecular weight is 243 g/mol. The first-order valence-electron chi connectivity index (χ1n) is 7.19. The molecular formula is C14H29NO2. The van der Waals surface area contributed by atoms with Crippen LogP contribution in [0.3, 0.4) is 0 Å². The summed E-state index contributed by atoms with van der Waals surface area (Å²) in [7, 11) is 0. The molecule has 0 radical (unpaired) electrons. The van der Waals surface area contributed by atoms with Gasteiger partial charge >= 0.3 is 0 Å². The minimum absolute atomic E-state index is 0.352. The van der Waals surface area contributed by atoms with Crippen molar-refractivity contribution in [2.75, 3.05) is 32.9 Å². The van der Waals surface area contributed by atoms with E-state index in [1.54, 1.807) is 0 Å². The Morgan fingerprint density at radius 1 is 1.12 bits per heavy atom. The molecule has 1 saturated carbocycles. The number of nitrogens with one attached hydrogen (secondary N) is 1. The summed E-state index contributed by atoms with van der Waals surface area (Å²) in [6, 6.07) is 0. The van der Waals surface area contributed by atoms with E-state index in [1.807, 2.05) is 0 Å². The van der Waals surface area contributed by atoms with E-state index < -0.39 is 0 Å². The Morgan fingerprint density at radius 3 is 2.59 bits per heavy atom. The molecule has 1 N–H and O–H groups in total. The van der Waals surface area contributed by atoms with Crippen LogP contribution in [0.5, 0.6) is 0 Å². The average Bonchev–Trinajstić information content (AvgIpc) is 2.23. The molecule has 0 bridgehead atoms. The van der Waals surface area contributed by atoms with Crippen LogP contribution < -0.4 is 5.32 Å². The lowest BCUT2D eigenvalue weighted by Gasteiger charge is -2.24. The van der Waals surface area contributed by atoms with Gasteiger partial charge in [0.2, 0.25) is 0 Å². The highest BCUT2D eigenvalue weighted by Crippen LogP contribution is 2.28. The molecule has 0 aromatic rings. The lowest BCUT2D eigenvalue weighted by Crippen LogP contribution is -2.23. The molecular weight excluding hydrogens is 214 g/mol. The van der Waals surface area contributed by atoms with Gasteiger partial charge in [0.25, 0.3) is 0 Å². The molecule has 0 aliphatic heterocycles. The van der Waals surface area contributed by atoms with Gasteiger partial charge in [-0.05, 0) is 39.2 Å². The Kier molecular flexibility index (Phi) is 8.67. The standard InChI is InChI=1S/C14H29NO2/c1-13(2)17-10-4-8-15-9-12-16-11-7-14-5-3-6-14/h13-15H,3-12H2,1-2H3. The minimum atomic E-state index is 0.352. The fraction of sp³-hybridized carbons (Fsp3) is 1.00. The van der Waals surface area contributed by atoms with Crippen LogP contribution in [0, 0.1) is 5.92 Å². The maximum Gasteiger partial charge on any atom is 0.0590 e. The summed E-state index contributed by atoms with van der Waals surface area (Å²) in [6.07, 6.45) is 6.99. The Morgan fingerprint density at radius 2 is 1.94 bits per heavy atom. The smallest absolute Gasteiger partial charge is 0.0590 e. The van der Waals surface area contributed by atoms with Gasteiger partial charge in [-0.3, -0.25) is 0 Å². The number of rotatable bonds is 11. The molecule has 17 heavy (non-hydrogen) atoms. The van der Waals surface area contributed by atoms with Gasteiger partial charge in [0, 0.05) is 19.8 Å². The highest BCUT2D eigenvalue weighted by molar-refractivity contribution is 4.68. The van der Waals surface area contributed by atoms with Gasteiger partial charge in [0.1, 0.15) is 0 Å². The maximum absolute atomic E-state index is 5.59. The van der Waals surface area contributed by atoms with E-state index in [-0.39, 0.29) is 0 Å². The molecule has 3 nitrogen and oxygen atoms in total. The molecule has 0 heterocycles. The Hall–Kier alpha value is -0.120. The van der Waals surface area contributed by atoms with Gasteiger partial charge in [-0.2, -0.15) is 0 Å². The third-order valence-corrected chi connectivity index (χ3v) is 3.27. The van der Waals surface area contributed by atoms with Crippen molar-refractivity contribution >= 4 is 0 Å². The molecule has 1 fully saturated rings. The Balaban J connectivity index is 1.66. The van der Waals surface area contributed by atoms with Gasteiger partial charge in [0.05, 0.1) is 12.7 Å². The van der Waals surface area contributed by atoms with Gasteiger partial charge < -0.3 is 14.8 Å². The predicted octanol–water partition coefficient (Wildman–Crippen LogP) is 2.60. The third-order valence-electron chi connectivity index (χ3n) is 3.27. The monoisotopic (exact) mass is 243 g/mol. The van der Waals surface area contributed by atoms with Gasteiger partial charge in [-0.15, -0.1) is 0 Å². The van der Waals surface area contributed by atoms with E-state index in [0.29, 0.717) is 6.10 Å². The van der Waals surface area contributed by atoms with Crippen molar-refractivity contribution in [1.29, 1.82) is 0 Å².